The highest BCUT2D eigenvalue weighted by Gasteiger charge is 2.32. The number of anilines is 1. The lowest BCUT2D eigenvalue weighted by atomic mass is 9.95. The minimum atomic E-state index is -3.01. The summed E-state index contributed by atoms with van der Waals surface area (Å²) in [5.74, 6) is 0.232. The van der Waals surface area contributed by atoms with Crippen molar-refractivity contribution in [1.82, 2.24) is 4.57 Å². The molecule has 1 aliphatic heterocycles. The second kappa shape index (κ2) is 12.0. The van der Waals surface area contributed by atoms with E-state index in [4.69, 9.17) is 9.47 Å². The minimum Gasteiger partial charge on any atom is -0.497 e. The first-order valence-electron chi connectivity index (χ1n) is 12.9. The van der Waals surface area contributed by atoms with Gasteiger partial charge in [0.25, 0.3) is 11.5 Å². The van der Waals surface area contributed by atoms with Crippen molar-refractivity contribution in [2.45, 2.75) is 26.5 Å². The molecule has 0 saturated carbocycles. The number of thiazole rings is 1. The van der Waals surface area contributed by atoms with E-state index in [9.17, 15) is 18.4 Å². The number of carbonyl (C=O) groups is 1. The van der Waals surface area contributed by atoms with Crippen molar-refractivity contribution in [2.75, 3.05) is 19.5 Å². The van der Waals surface area contributed by atoms with E-state index in [1.807, 2.05) is 43.3 Å². The quantitative estimate of drug-likeness (QED) is 0.318. The number of hydrogen-bond acceptors (Lipinski definition) is 7. The van der Waals surface area contributed by atoms with Gasteiger partial charge in [-0.25, -0.2) is 4.99 Å². The Hall–Kier alpha value is -4.77. The molecule has 8 nitrogen and oxygen atoms in total. The van der Waals surface area contributed by atoms with E-state index < -0.39 is 12.7 Å². The first-order chi connectivity index (χ1) is 20.2. The number of carbonyl (C=O) groups excluding carboxylic acids is 1. The highest BCUT2D eigenvalue weighted by molar-refractivity contribution is 7.07. The lowest BCUT2D eigenvalue weighted by Crippen LogP contribution is -2.40. The van der Waals surface area contributed by atoms with Crippen LogP contribution in [0, 0.1) is 6.92 Å². The van der Waals surface area contributed by atoms with Crippen molar-refractivity contribution in [1.29, 1.82) is 0 Å². The number of benzene rings is 3. The number of allylic oxidation sites excluding steroid dienone is 1. The van der Waals surface area contributed by atoms with E-state index >= 15 is 0 Å². The van der Waals surface area contributed by atoms with Crippen molar-refractivity contribution in [3.63, 3.8) is 0 Å². The molecule has 42 heavy (non-hydrogen) atoms. The van der Waals surface area contributed by atoms with Crippen LogP contribution in [-0.4, -0.2) is 31.3 Å². The molecule has 4 aromatic rings. The fourth-order valence-corrected chi connectivity index (χ4v) is 5.78. The number of para-hydroxylation sites is 1. The third kappa shape index (κ3) is 5.68. The molecule has 0 fully saturated rings. The third-order valence-corrected chi connectivity index (χ3v) is 7.78. The number of aryl methyl sites for hydroxylation is 1. The van der Waals surface area contributed by atoms with Crippen LogP contribution in [0.2, 0.25) is 0 Å². The predicted octanol–water partition coefficient (Wildman–Crippen LogP) is 4.80. The zero-order valence-corrected chi connectivity index (χ0v) is 24.0. The van der Waals surface area contributed by atoms with Gasteiger partial charge in [0.2, 0.25) is 0 Å². The molecule has 1 atom stereocenters. The summed E-state index contributed by atoms with van der Waals surface area (Å²) in [6.07, 6.45) is 1.62. The Bertz CT molecular complexity index is 1860. The van der Waals surface area contributed by atoms with Gasteiger partial charge in [-0.2, -0.15) is 8.78 Å². The Morgan fingerprint density at radius 2 is 1.76 bits per heavy atom. The summed E-state index contributed by atoms with van der Waals surface area (Å²) in [6, 6.07) is 18.2. The Balaban J connectivity index is 1.63. The molecule has 0 aliphatic carbocycles. The number of aromatic nitrogens is 1. The standard InChI is InChI=1S/C31H27F2N3O5S/c1-17-7-5-6-8-22(17)35-28(37)26-18(2)34-31-36(27(26)20-10-12-21(39-3)13-11-20)29(38)25(42-31)16-19-9-14-23(41-30(32)33)24(15-19)40-4/h5-16,27,30H,1-4H3,(H,35,37)/b25-16+. The van der Waals surface area contributed by atoms with Gasteiger partial charge in [-0.1, -0.05) is 47.7 Å². The topological polar surface area (TPSA) is 91.2 Å². The number of nitrogens with one attached hydrogen (secondary N) is 1. The predicted molar refractivity (Wildman–Crippen MR) is 156 cm³/mol. The molecule has 2 heterocycles. The number of rotatable bonds is 8. The Labute approximate surface area is 243 Å². The normalized spacial score (nSPS) is 14.8. The van der Waals surface area contributed by atoms with Gasteiger partial charge in [0.15, 0.2) is 16.3 Å². The molecule has 1 aromatic heterocycles. The van der Waals surface area contributed by atoms with Gasteiger partial charge in [0.1, 0.15) is 5.75 Å². The van der Waals surface area contributed by atoms with Crippen LogP contribution < -0.4 is 34.4 Å². The summed E-state index contributed by atoms with van der Waals surface area (Å²) >= 11 is 1.16. The molecule has 0 saturated heterocycles. The molecule has 1 aliphatic rings. The van der Waals surface area contributed by atoms with E-state index in [1.54, 1.807) is 38.3 Å². The van der Waals surface area contributed by atoms with Gasteiger partial charge < -0.3 is 19.5 Å². The zero-order valence-electron chi connectivity index (χ0n) is 23.2. The van der Waals surface area contributed by atoms with Crippen molar-refractivity contribution < 1.29 is 27.8 Å². The van der Waals surface area contributed by atoms with Crippen LogP contribution in [-0.2, 0) is 4.79 Å². The number of ether oxygens (including phenoxy) is 3. The number of nitrogens with zero attached hydrogens (tertiary/aromatic N) is 2. The summed E-state index contributed by atoms with van der Waals surface area (Å²) in [7, 11) is 2.90. The molecule has 0 radical (unpaired) electrons. The van der Waals surface area contributed by atoms with Gasteiger partial charge in [-0.15, -0.1) is 0 Å². The molecule has 216 valence electrons. The molecule has 1 N–H and O–H groups in total. The number of fused-ring (bicyclic) bond motifs is 1. The fourth-order valence-electron chi connectivity index (χ4n) is 4.73. The Kier molecular flexibility index (Phi) is 8.21. The van der Waals surface area contributed by atoms with E-state index in [0.717, 1.165) is 16.9 Å². The molecule has 0 spiro atoms. The highest BCUT2D eigenvalue weighted by atomic mass is 32.1. The highest BCUT2D eigenvalue weighted by Crippen LogP contribution is 2.32. The van der Waals surface area contributed by atoms with Gasteiger partial charge in [0, 0.05) is 5.69 Å². The van der Waals surface area contributed by atoms with Crippen molar-refractivity contribution >= 4 is 29.0 Å². The molecule has 0 bridgehead atoms. The van der Waals surface area contributed by atoms with E-state index in [0.29, 0.717) is 43.2 Å². The number of amides is 1. The second-order valence-corrected chi connectivity index (χ2v) is 10.4. The minimum absolute atomic E-state index is 0.0962. The fraction of sp³-hybridized carbons (Fsp3) is 0.194. The van der Waals surface area contributed by atoms with Crippen LogP contribution in [0.15, 0.2) is 87.8 Å². The monoisotopic (exact) mass is 591 g/mol. The average Bonchev–Trinajstić information content (AvgIpc) is 3.27. The number of halogens is 2. The summed E-state index contributed by atoms with van der Waals surface area (Å²) in [4.78, 5) is 32.8. The SMILES string of the molecule is COc1ccc(C2C(C(=O)Nc3ccccc3C)=C(C)N=c3s/c(=C/c4ccc(OC(F)F)c(OC)c4)c(=O)n32)cc1. The Morgan fingerprint density at radius 3 is 2.43 bits per heavy atom. The largest absolute Gasteiger partial charge is 0.497 e. The zero-order chi connectivity index (χ0) is 30.0. The summed E-state index contributed by atoms with van der Waals surface area (Å²) < 4.78 is 42.4. The van der Waals surface area contributed by atoms with E-state index in [1.165, 1.54) is 23.8 Å². The van der Waals surface area contributed by atoms with Crippen LogP contribution in [0.5, 0.6) is 17.2 Å². The van der Waals surface area contributed by atoms with Crippen LogP contribution in [0.25, 0.3) is 6.08 Å². The van der Waals surface area contributed by atoms with Gasteiger partial charge in [-0.3, -0.25) is 14.2 Å². The molecule has 5 rings (SSSR count). The number of methoxy groups -OCH3 is 2. The van der Waals surface area contributed by atoms with Crippen LogP contribution >= 0.6 is 11.3 Å². The van der Waals surface area contributed by atoms with Crippen LogP contribution in [0.4, 0.5) is 14.5 Å². The molecule has 3 aromatic carbocycles. The van der Waals surface area contributed by atoms with Crippen molar-refractivity contribution in [2.24, 2.45) is 4.99 Å². The first kappa shape index (κ1) is 28.7. The first-order valence-corrected chi connectivity index (χ1v) is 13.7. The lowest BCUT2D eigenvalue weighted by Gasteiger charge is -2.25. The lowest BCUT2D eigenvalue weighted by molar-refractivity contribution is -0.113. The molecular formula is C31H27F2N3O5S. The molecular weight excluding hydrogens is 564 g/mol. The summed E-state index contributed by atoms with van der Waals surface area (Å²) in [6.45, 7) is 0.632. The van der Waals surface area contributed by atoms with E-state index in [2.05, 4.69) is 15.0 Å². The maximum absolute atomic E-state index is 13.9. The summed E-state index contributed by atoms with van der Waals surface area (Å²) in [5, 5.41) is 2.98. The average molecular weight is 592 g/mol. The van der Waals surface area contributed by atoms with E-state index in [-0.39, 0.29) is 23.0 Å². The van der Waals surface area contributed by atoms with Crippen LogP contribution in [0.3, 0.4) is 0 Å². The maximum atomic E-state index is 13.9. The second-order valence-electron chi connectivity index (χ2n) is 9.41. The third-order valence-electron chi connectivity index (χ3n) is 6.79. The molecule has 1 amide bonds. The number of alkyl halides is 2. The molecule has 11 heteroatoms. The Morgan fingerprint density at radius 1 is 1.02 bits per heavy atom. The maximum Gasteiger partial charge on any atom is 0.387 e. The van der Waals surface area contributed by atoms with Crippen molar-refractivity contribution in [3.8, 4) is 17.2 Å². The van der Waals surface area contributed by atoms with Gasteiger partial charge >= 0.3 is 6.61 Å². The molecule has 1 unspecified atom stereocenters. The summed E-state index contributed by atoms with van der Waals surface area (Å²) in [5.41, 5.74) is 3.23. The van der Waals surface area contributed by atoms with Gasteiger partial charge in [-0.05, 0) is 66.9 Å². The van der Waals surface area contributed by atoms with Crippen molar-refractivity contribution in [3.05, 3.63) is 114 Å². The number of hydrogen-bond donors (Lipinski definition) is 1. The smallest absolute Gasteiger partial charge is 0.387 e. The van der Waals surface area contributed by atoms with Gasteiger partial charge in [0.05, 0.1) is 36.1 Å². The van der Waals surface area contributed by atoms with Crippen LogP contribution in [0.1, 0.15) is 29.7 Å².